The average molecular weight is 298 g/mol. The standard InChI is InChI=1S/C14H22N2O3S/c1-14(6-2-3-7-14)15-13(19)16-10(12(17)18)8-20-11(16)9-4-5-9/h9-11H,2-8H2,1H3,(H,15,19)(H,17,18). The van der Waals surface area contributed by atoms with Gasteiger partial charge >= 0.3 is 12.0 Å². The lowest BCUT2D eigenvalue weighted by atomic mass is 10.0. The third kappa shape index (κ3) is 2.62. The van der Waals surface area contributed by atoms with Crippen molar-refractivity contribution in [2.75, 3.05) is 5.75 Å². The van der Waals surface area contributed by atoms with E-state index in [4.69, 9.17) is 0 Å². The summed E-state index contributed by atoms with van der Waals surface area (Å²) in [7, 11) is 0. The third-order valence-electron chi connectivity index (χ3n) is 4.70. The SMILES string of the molecule is CC1(NC(=O)N2C(C(=O)O)CSC2C2CC2)CCCC1. The number of thioether (sulfide) groups is 1. The molecule has 112 valence electrons. The molecule has 20 heavy (non-hydrogen) atoms. The number of urea groups is 1. The molecular formula is C14H22N2O3S. The maximum atomic E-state index is 12.6. The number of nitrogens with one attached hydrogen (secondary N) is 1. The first kappa shape index (κ1) is 14.0. The predicted octanol–water partition coefficient (Wildman–Crippen LogP) is 2.27. The molecule has 2 unspecified atom stereocenters. The second-order valence-corrected chi connectivity index (χ2v) is 7.67. The number of carbonyl (C=O) groups excluding carboxylic acids is 1. The van der Waals surface area contributed by atoms with Crippen LogP contribution in [0.25, 0.3) is 0 Å². The zero-order valence-electron chi connectivity index (χ0n) is 11.8. The fourth-order valence-corrected chi connectivity index (χ4v) is 4.95. The number of aliphatic carboxylic acids is 1. The summed E-state index contributed by atoms with van der Waals surface area (Å²) in [6.45, 7) is 2.07. The van der Waals surface area contributed by atoms with Crippen LogP contribution < -0.4 is 5.32 Å². The van der Waals surface area contributed by atoms with E-state index in [1.807, 2.05) is 0 Å². The molecule has 3 aliphatic rings. The molecule has 2 amide bonds. The Balaban J connectivity index is 1.73. The Labute approximate surface area is 123 Å². The van der Waals surface area contributed by atoms with Crippen LogP contribution in [0.2, 0.25) is 0 Å². The van der Waals surface area contributed by atoms with E-state index in [-0.39, 0.29) is 16.9 Å². The average Bonchev–Trinajstić information content (AvgIpc) is 2.97. The van der Waals surface area contributed by atoms with Gasteiger partial charge in [0, 0.05) is 11.3 Å². The number of hydrogen-bond acceptors (Lipinski definition) is 3. The van der Waals surface area contributed by atoms with Crippen LogP contribution in [0.4, 0.5) is 4.79 Å². The van der Waals surface area contributed by atoms with Gasteiger partial charge in [-0.1, -0.05) is 12.8 Å². The van der Waals surface area contributed by atoms with Crippen molar-refractivity contribution in [3.63, 3.8) is 0 Å². The van der Waals surface area contributed by atoms with E-state index in [0.717, 1.165) is 38.5 Å². The summed E-state index contributed by atoms with van der Waals surface area (Å²) in [4.78, 5) is 25.6. The topological polar surface area (TPSA) is 69.6 Å². The van der Waals surface area contributed by atoms with Gasteiger partial charge in [-0.05, 0) is 38.5 Å². The van der Waals surface area contributed by atoms with E-state index in [1.165, 1.54) is 0 Å². The first-order chi connectivity index (χ1) is 9.50. The molecule has 2 saturated carbocycles. The molecule has 6 heteroatoms. The molecule has 1 aliphatic heterocycles. The van der Waals surface area contributed by atoms with Crippen LogP contribution in [-0.4, -0.2) is 44.7 Å². The number of hydrogen-bond donors (Lipinski definition) is 2. The maximum absolute atomic E-state index is 12.6. The van der Waals surface area contributed by atoms with Gasteiger partial charge in [-0.25, -0.2) is 9.59 Å². The van der Waals surface area contributed by atoms with Crippen LogP contribution in [0, 0.1) is 5.92 Å². The first-order valence-electron chi connectivity index (χ1n) is 7.45. The van der Waals surface area contributed by atoms with Crippen molar-refractivity contribution in [2.24, 2.45) is 5.92 Å². The summed E-state index contributed by atoms with van der Waals surface area (Å²) in [5, 5.41) is 12.5. The number of carbonyl (C=O) groups is 2. The van der Waals surface area contributed by atoms with Crippen LogP contribution in [-0.2, 0) is 4.79 Å². The third-order valence-corrected chi connectivity index (χ3v) is 6.16. The molecule has 2 N–H and O–H groups in total. The van der Waals surface area contributed by atoms with Crippen molar-refractivity contribution >= 4 is 23.8 Å². The highest BCUT2D eigenvalue weighted by molar-refractivity contribution is 8.00. The second kappa shape index (κ2) is 5.13. The Morgan fingerprint density at radius 2 is 1.95 bits per heavy atom. The number of nitrogens with zero attached hydrogens (tertiary/aromatic N) is 1. The van der Waals surface area contributed by atoms with Crippen LogP contribution in [0.5, 0.6) is 0 Å². The zero-order chi connectivity index (χ0) is 14.3. The van der Waals surface area contributed by atoms with Gasteiger partial charge < -0.3 is 10.4 Å². The zero-order valence-corrected chi connectivity index (χ0v) is 12.6. The summed E-state index contributed by atoms with van der Waals surface area (Å²) in [5.74, 6) is 0.125. The van der Waals surface area contributed by atoms with Gasteiger partial charge in [0.25, 0.3) is 0 Å². The highest BCUT2D eigenvalue weighted by atomic mass is 32.2. The van der Waals surface area contributed by atoms with Crippen molar-refractivity contribution in [1.82, 2.24) is 10.2 Å². The second-order valence-electron chi connectivity index (χ2n) is 6.52. The minimum absolute atomic E-state index is 0.0566. The number of carboxylic acid groups (broad SMARTS) is 1. The first-order valence-corrected chi connectivity index (χ1v) is 8.50. The van der Waals surface area contributed by atoms with Crippen molar-refractivity contribution in [1.29, 1.82) is 0 Å². The monoisotopic (exact) mass is 298 g/mol. The van der Waals surface area contributed by atoms with Gasteiger partial charge in [-0.2, -0.15) is 0 Å². The van der Waals surface area contributed by atoms with Crippen LogP contribution in [0.15, 0.2) is 0 Å². The molecule has 5 nitrogen and oxygen atoms in total. The van der Waals surface area contributed by atoms with Crippen LogP contribution in [0.1, 0.15) is 45.4 Å². The Morgan fingerprint density at radius 1 is 1.30 bits per heavy atom. The Morgan fingerprint density at radius 3 is 2.50 bits per heavy atom. The molecule has 0 bridgehead atoms. The summed E-state index contributed by atoms with van der Waals surface area (Å²) in [5.41, 5.74) is -0.151. The van der Waals surface area contributed by atoms with Crippen molar-refractivity contribution in [2.45, 2.75) is 62.4 Å². The van der Waals surface area contributed by atoms with E-state index in [0.29, 0.717) is 11.7 Å². The molecular weight excluding hydrogens is 276 g/mol. The summed E-state index contributed by atoms with van der Waals surface area (Å²) < 4.78 is 0. The Kier molecular flexibility index (Phi) is 3.60. The molecule has 3 fully saturated rings. The number of carboxylic acids is 1. The van der Waals surface area contributed by atoms with Gasteiger partial charge in [0.05, 0.1) is 5.37 Å². The van der Waals surface area contributed by atoms with Crippen LogP contribution in [0.3, 0.4) is 0 Å². The molecule has 1 heterocycles. The highest BCUT2D eigenvalue weighted by Crippen LogP contribution is 2.45. The molecule has 0 radical (unpaired) electrons. The minimum Gasteiger partial charge on any atom is -0.480 e. The van der Waals surface area contributed by atoms with E-state index in [9.17, 15) is 14.7 Å². The largest absolute Gasteiger partial charge is 0.480 e. The summed E-state index contributed by atoms with van der Waals surface area (Å²) in [6.07, 6.45) is 6.49. The van der Waals surface area contributed by atoms with Gasteiger partial charge in [0.2, 0.25) is 0 Å². The molecule has 0 aromatic rings. The molecule has 2 atom stereocenters. The molecule has 2 aliphatic carbocycles. The predicted molar refractivity (Wildman–Crippen MR) is 77.6 cm³/mol. The van der Waals surface area contributed by atoms with E-state index >= 15 is 0 Å². The molecule has 3 rings (SSSR count). The molecule has 0 aromatic heterocycles. The Bertz CT molecular complexity index is 419. The van der Waals surface area contributed by atoms with Gasteiger partial charge in [-0.15, -0.1) is 11.8 Å². The van der Waals surface area contributed by atoms with E-state index in [2.05, 4.69) is 12.2 Å². The summed E-state index contributed by atoms with van der Waals surface area (Å²) >= 11 is 1.63. The van der Waals surface area contributed by atoms with Crippen molar-refractivity contribution in [3.8, 4) is 0 Å². The van der Waals surface area contributed by atoms with Gasteiger partial charge in [0.1, 0.15) is 6.04 Å². The fraction of sp³-hybridized carbons (Fsp3) is 0.857. The maximum Gasteiger partial charge on any atom is 0.327 e. The fourth-order valence-electron chi connectivity index (χ4n) is 3.32. The van der Waals surface area contributed by atoms with Crippen LogP contribution >= 0.6 is 11.8 Å². The summed E-state index contributed by atoms with van der Waals surface area (Å²) in [6, 6.07) is -0.848. The normalized spacial score (nSPS) is 32.4. The van der Waals surface area contributed by atoms with Crippen molar-refractivity contribution < 1.29 is 14.7 Å². The lowest BCUT2D eigenvalue weighted by Crippen LogP contribution is -2.55. The molecule has 0 spiro atoms. The van der Waals surface area contributed by atoms with E-state index in [1.54, 1.807) is 16.7 Å². The van der Waals surface area contributed by atoms with E-state index < -0.39 is 12.0 Å². The molecule has 1 saturated heterocycles. The lowest BCUT2D eigenvalue weighted by Gasteiger charge is -2.33. The number of rotatable bonds is 3. The molecule has 0 aromatic carbocycles. The van der Waals surface area contributed by atoms with Gasteiger partial charge in [-0.3, -0.25) is 4.90 Å². The highest BCUT2D eigenvalue weighted by Gasteiger charge is 2.49. The number of amides is 2. The minimum atomic E-state index is -0.882. The van der Waals surface area contributed by atoms with Crippen molar-refractivity contribution in [3.05, 3.63) is 0 Å². The Hall–Kier alpha value is -0.910. The van der Waals surface area contributed by atoms with Gasteiger partial charge in [0.15, 0.2) is 0 Å². The quantitative estimate of drug-likeness (QED) is 0.838. The lowest BCUT2D eigenvalue weighted by molar-refractivity contribution is -0.141. The smallest absolute Gasteiger partial charge is 0.327 e.